The van der Waals surface area contributed by atoms with E-state index < -0.39 is 6.43 Å². The van der Waals surface area contributed by atoms with Crippen molar-refractivity contribution in [1.82, 2.24) is 24.4 Å². The molecule has 32 heavy (non-hydrogen) atoms. The molecule has 0 fully saturated rings. The highest BCUT2D eigenvalue weighted by Crippen LogP contribution is 2.41. The summed E-state index contributed by atoms with van der Waals surface area (Å²) in [4.78, 5) is 0. The van der Waals surface area contributed by atoms with Crippen LogP contribution in [0.1, 0.15) is 34.9 Å². The number of aromatic nitrogens is 5. The normalized spacial score (nSPS) is 17.3. The van der Waals surface area contributed by atoms with Crippen LogP contribution in [0.5, 0.6) is 11.5 Å². The van der Waals surface area contributed by atoms with E-state index in [0.29, 0.717) is 60.0 Å². The Labute approximate surface area is 180 Å². The molecule has 0 unspecified atom stereocenters. The van der Waals surface area contributed by atoms with Crippen molar-refractivity contribution in [2.75, 3.05) is 13.2 Å². The Morgan fingerprint density at radius 1 is 1.09 bits per heavy atom. The van der Waals surface area contributed by atoms with Gasteiger partial charge < -0.3 is 9.47 Å². The number of pyridine rings is 1. The van der Waals surface area contributed by atoms with E-state index in [0.717, 1.165) is 11.3 Å². The van der Waals surface area contributed by atoms with Crippen molar-refractivity contribution in [2.45, 2.75) is 25.2 Å². The average molecular weight is 441 g/mol. The highest BCUT2D eigenvalue weighted by atomic mass is 19.3. The lowest BCUT2D eigenvalue weighted by molar-refractivity contribution is 0.145. The Morgan fingerprint density at radius 2 is 1.91 bits per heavy atom. The number of alkyl halides is 2. The summed E-state index contributed by atoms with van der Waals surface area (Å²) in [6.07, 6.45) is -0.182. The standard InChI is InChI=1S/C22H18F3N5O2/c1-29-17(7-15(28-29)21(24)25)13-6-19-16(30-10-26-27-22(13)30)4-2-12-14(23)3-5-18-20(12)11(8-31-18)9-32-19/h3,5-7,10-11,21H,2,4,8-9H2,1H3/t11-/m1/s1. The highest BCUT2D eigenvalue weighted by Gasteiger charge is 2.32. The third-order valence-electron chi connectivity index (χ3n) is 6.20. The van der Waals surface area contributed by atoms with Crippen molar-refractivity contribution in [1.29, 1.82) is 0 Å². The van der Waals surface area contributed by atoms with Crippen LogP contribution < -0.4 is 9.47 Å². The fourth-order valence-corrected chi connectivity index (χ4v) is 4.70. The predicted octanol–water partition coefficient (Wildman–Crippen LogP) is 3.86. The van der Waals surface area contributed by atoms with Gasteiger partial charge >= 0.3 is 0 Å². The van der Waals surface area contributed by atoms with Crippen molar-refractivity contribution in [3.05, 3.63) is 58.9 Å². The van der Waals surface area contributed by atoms with Gasteiger partial charge in [-0.25, -0.2) is 13.2 Å². The number of ether oxygens (including phenoxy) is 2. The average Bonchev–Trinajstić information content (AvgIpc) is 3.50. The molecule has 1 atom stereocenters. The first-order chi connectivity index (χ1) is 15.5. The molecule has 0 N–H and O–H groups in total. The van der Waals surface area contributed by atoms with Gasteiger partial charge in [-0.15, -0.1) is 10.2 Å². The van der Waals surface area contributed by atoms with E-state index in [1.54, 1.807) is 29.9 Å². The maximum absolute atomic E-state index is 14.7. The Kier molecular flexibility index (Phi) is 4.17. The summed E-state index contributed by atoms with van der Waals surface area (Å²) in [5.74, 6) is 0.928. The Balaban J connectivity index is 1.51. The monoisotopic (exact) mass is 441 g/mol. The van der Waals surface area contributed by atoms with Gasteiger partial charge in [-0.3, -0.25) is 9.08 Å². The molecule has 0 bridgehead atoms. The van der Waals surface area contributed by atoms with Gasteiger partial charge in [0.05, 0.1) is 30.5 Å². The van der Waals surface area contributed by atoms with Crippen LogP contribution in [-0.2, 0) is 19.9 Å². The fourth-order valence-electron chi connectivity index (χ4n) is 4.70. The van der Waals surface area contributed by atoms with Crippen molar-refractivity contribution >= 4 is 5.65 Å². The maximum Gasteiger partial charge on any atom is 0.282 e. The number of benzene rings is 1. The zero-order chi connectivity index (χ0) is 22.0. The molecule has 0 saturated heterocycles. The summed E-state index contributed by atoms with van der Waals surface area (Å²) < 4.78 is 56.3. The number of hydrogen-bond donors (Lipinski definition) is 0. The van der Waals surface area contributed by atoms with Crippen molar-refractivity contribution in [2.24, 2.45) is 7.05 Å². The van der Waals surface area contributed by atoms with Crippen LogP contribution in [0.4, 0.5) is 13.2 Å². The first-order valence-corrected chi connectivity index (χ1v) is 10.3. The van der Waals surface area contributed by atoms with Crippen LogP contribution in [0.15, 0.2) is 30.6 Å². The van der Waals surface area contributed by atoms with Crippen LogP contribution >= 0.6 is 0 Å². The van der Waals surface area contributed by atoms with E-state index in [1.165, 1.54) is 16.8 Å². The first kappa shape index (κ1) is 19.1. The maximum atomic E-state index is 14.7. The van der Waals surface area contributed by atoms with E-state index in [2.05, 4.69) is 15.3 Å². The minimum atomic E-state index is -2.68. The summed E-state index contributed by atoms with van der Waals surface area (Å²) in [5, 5.41) is 12.2. The molecular formula is C22H18F3N5O2. The molecule has 0 spiro atoms. The smallest absolute Gasteiger partial charge is 0.282 e. The number of hydrogen-bond acceptors (Lipinski definition) is 5. The molecule has 0 amide bonds. The summed E-state index contributed by atoms with van der Waals surface area (Å²) in [5.41, 5.74) is 3.54. The van der Waals surface area contributed by atoms with Gasteiger partial charge in [-0.1, -0.05) is 0 Å². The second-order valence-electron chi connectivity index (χ2n) is 8.03. The van der Waals surface area contributed by atoms with Gasteiger partial charge in [0.25, 0.3) is 6.43 Å². The molecular weight excluding hydrogens is 423 g/mol. The molecule has 4 aromatic rings. The molecule has 10 heteroatoms. The fraction of sp³-hybridized carbons (Fsp3) is 0.318. The molecule has 1 aromatic carbocycles. The van der Waals surface area contributed by atoms with Gasteiger partial charge in [0, 0.05) is 18.2 Å². The molecule has 0 aliphatic carbocycles. The Hall–Kier alpha value is -3.56. The summed E-state index contributed by atoms with van der Waals surface area (Å²) in [6, 6.07) is 6.24. The summed E-state index contributed by atoms with van der Waals surface area (Å²) >= 11 is 0. The number of halogens is 3. The molecule has 164 valence electrons. The Morgan fingerprint density at radius 3 is 2.69 bits per heavy atom. The molecule has 2 aliphatic rings. The van der Waals surface area contributed by atoms with E-state index in [4.69, 9.17) is 9.47 Å². The minimum Gasteiger partial charge on any atom is -0.493 e. The van der Waals surface area contributed by atoms with E-state index in [-0.39, 0.29) is 17.4 Å². The lowest BCUT2D eigenvalue weighted by Crippen LogP contribution is -2.13. The number of rotatable bonds is 2. The molecule has 0 saturated carbocycles. The molecule has 7 nitrogen and oxygen atoms in total. The highest BCUT2D eigenvalue weighted by molar-refractivity contribution is 5.77. The number of nitrogens with zero attached hydrogens (tertiary/aromatic N) is 5. The SMILES string of the molecule is Cn1nc(C(F)F)cc1-c1cc2c(n3cnnc13)CCc1c(F)ccc3c1[C@H](CO3)CO2. The first-order valence-electron chi connectivity index (χ1n) is 10.3. The van der Waals surface area contributed by atoms with Gasteiger partial charge in [0.2, 0.25) is 0 Å². The van der Waals surface area contributed by atoms with Crippen molar-refractivity contribution in [3.8, 4) is 22.8 Å². The van der Waals surface area contributed by atoms with Gasteiger partial charge in [-0.05, 0) is 42.7 Å². The lowest BCUT2D eigenvalue weighted by Gasteiger charge is -2.16. The topological polar surface area (TPSA) is 66.5 Å². The van der Waals surface area contributed by atoms with Crippen molar-refractivity contribution in [3.63, 3.8) is 0 Å². The van der Waals surface area contributed by atoms with Crippen LogP contribution in [0, 0.1) is 5.82 Å². The van der Waals surface area contributed by atoms with E-state index in [1.807, 2.05) is 0 Å². The van der Waals surface area contributed by atoms with E-state index >= 15 is 0 Å². The third kappa shape index (κ3) is 2.78. The van der Waals surface area contributed by atoms with Gasteiger partial charge in [0.15, 0.2) is 5.65 Å². The number of aryl methyl sites for hydroxylation is 2. The van der Waals surface area contributed by atoms with E-state index in [9.17, 15) is 13.2 Å². The third-order valence-corrected chi connectivity index (χ3v) is 6.20. The molecule has 3 aromatic heterocycles. The van der Waals surface area contributed by atoms with Crippen LogP contribution in [0.3, 0.4) is 0 Å². The second-order valence-corrected chi connectivity index (χ2v) is 8.03. The van der Waals surface area contributed by atoms with Crippen molar-refractivity contribution < 1.29 is 22.6 Å². The van der Waals surface area contributed by atoms with Crippen LogP contribution in [0.2, 0.25) is 0 Å². The van der Waals surface area contributed by atoms with Gasteiger partial charge in [-0.2, -0.15) is 5.10 Å². The predicted molar refractivity (Wildman–Crippen MR) is 108 cm³/mol. The zero-order valence-electron chi connectivity index (χ0n) is 17.1. The minimum absolute atomic E-state index is 0.0937. The lowest BCUT2D eigenvalue weighted by atomic mass is 9.93. The zero-order valence-corrected chi connectivity index (χ0v) is 17.1. The molecule has 2 aliphatic heterocycles. The van der Waals surface area contributed by atoms with Crippen LogP contribution in [-0.4, -0.2) is 37.6 Å². The van der Waals surface area contributed by atoms with Gasteiger partial charge in [0.1, 0.15) is 29.3 Å². The largest absolute Gasteiger partial charge is 0.493 e. The van der Waals surface area contributed by atoms with Crippen LogP contribution in [0.25, 0.3) is 16.9 Å². The summed E-state index contributed by atoms with van der Waals surface area (Å²) in [7, 11) is 1.60. The molecule has 0 radical (unpaired) electrons. The molecule has 5 heterocycles. The summed E-state index contributed by atoms with van der Waals surface area (Å²) in [6.45, 7) is 0.722. The quantitative estimate of drug-likeness (QED) is 0.473. The Bertz CT molecular complexity index is 1360. The number of fused-ring (bicyclic) bond motifs is 3. The molecule has 6 rings (SSSR count). The second kappa shape index (κ2) is 6.98.